The first kappa shape index (κ1) is 14.8. The molecule has 2 heterocycles. The van der Waals surface area contributed by atoms with E-state index in [1.165, 1.54) is 18.4 Å². The fraction of sp³-hybridized carbons (Fsp3) is 0.421. The molecule has 6 heteroatoms. The van der Waals surface area contributed by atoms with Crippen LogP contribution < -0.4 is 5.32 Å². The molecule has 0 unspecified atom stereocenters. The van der Waals surface area contributed by atoms with Crippen molar-refractivity contribution in [1.82, 2.24) is 19.8 Å². The zero-order valence-corrected chi connectivity index (χ0v) is 14.0. The summed E-state index contributed by atoms with van der Waals surface area (Å²) >= 11 is 0. The second kappa shape index (κ2) is 6.11. The number of anilines is 1. The molecule has 2 aliphatic rings. The summed E-state index contributed by atoms with van der Waals surface area (Å²) in [6, 6.07) is 12.9. The van der Waals surface area contributed by atoms with Gasteiger partial charge in [0.2, 0.25) is 5.65 Å². The van der Waals surface area contributed by atoms with Crippen LogP contribution in [0.25, 0.3) is 5.65 Å². The maximum atomic E-state index is 5.99. The Hall–Kier alpha value is -2.47. The topological polar surface area (TPSA) is 64.3 Å². The van der Waals surface area contributed by atoms with Gasteiger partial charge in [-0.3, -0.25) is 0 Å². The van der Waals surface area contributed by atoms with Gasteiger partial charge in [0.15, 0.2) is 0 Å². The summed E-state index contributed by atoms with van der Waals surface area (Å²) < 4.78 is 7.78. The lowest BCUT2D eigenvalue weighted by Gasteiger charge is -2.36. The van der Waals surface area contributed by atoms with Crippen molar-refractivity contribution in [1.29, 1.82) is 0 Å². The van der Waals surface area contributed by atoms with E-state index in [0.29, 0.717) is 24.7 Å². The van der Waals surface area contributed by atoms with Crippen LogP contribution in [0.15, 0.2) is 42.7 Å². The Balaban J connectivity index is 1.21. The first-order valence-corrected chi connectivity index (χ1v) is 8.98. The van der Waals surface area contributed by atoms with Gasteiger partial charge in [0, 0.05) is 12.0 Å². The Bertz CT molecular complexity index is 868. The minimum atomic E-state index is 0.330. The molecule has 1 aromatic carbocycles. The van der Waals surface area contributed by atoms with E-state index in [0.717, 1.165) is 29.9 Å². The predicted octanol–water partition coefficient (Wildman–Crippen LogP) is 3.16. The largest absolute Gasteiger partial charge is 0.379 e. The Morgan fingerprint density at radius 3 is 2.80 bits per heavy atom. The summed E-state index contributed by atoms with van der Waals surface area (Å²) in [6.07, 6.45) is 6.52. The standard InChI is InChI=1S/C19H21N5O/c1-2-4-13(5-3-1)11-25-16-8-15(9-16)21-18-10-17(14-6-7-14)23-24-12-20-22-19(18)24/h1-5,10,12,14-16,21H,6-9,11H2. The highest BCUT2D eigenvalue weighted by atomic mass is 16.5. The number of nitrogens with one attached hydrogen (secondary N) is 1. The average Bonchev–Trinajstić information content (AvgIpc) is 3.35. The lowest BCUT2D eigenvalue weighted by molar-refractivity contribution is -0.0150. The van der Waals surface area contributed by atoms with E-state index in [1.807, 2.05) is 6.07 Å². The van der Waals surface area contributed by atoms with Crippen molar-refractivity contribution in [2.45, 2.75) is 50.4 Å². The molecular weight excluding hydrogens is 314 g/mol. The molecule has 2 fully saturated rings. The van der Waals surface area contributed by atoms with Gasteiger partial charge in [-0.2, -0.15) is 9.61 Å². The van der Waals surface area contributed by atoms with Gasteiger partial charge in [0.1, 0.15) is 6.33 Å². The van der Waals surface area contributed by atoms with Crippen LogP contribution in [0.2, 0.25) is 0 Å². The zero-order chi connectivity index (χ0) is 16.6. The SMILES string of the molecule is c1ccc(COC2CC(Nc3cc(C4CC4)nn4cnnc34)C2)cc1. The van der Waals surface area contributed by atoms with Crippen LogP contribution in [0.5, 0.6) is 0 Å². The molecule has 128 valence electrons. The molecular formula is C19H21N5O. The number of ether oxygens (including phenoxy) is 1. The maximum Gasteiger partial charge on any atom is 0.200 e. The quantitative estimate of drug-likeness (QED) is 0.749. The molecule has 2 aromatic heterocycles. The Morgan fingerprint density at radius 2 is 2.00 bits per heavy atom. The van der Waals surface area contributed by atoms with E-state index in [1.54, 1.807) is 10.8 Å². The summed E-state index contributed by atoms with van der Waals surface area (Å²) in [5.74, 6) is 0.607. The van der Waals surface area contributed by atoms with Crippen molar-refractivity contribution in [2.24, 2.45) is 0 Å². The molecule has 0 radical (unpaired) electrons. The zero-order valence-electron chi connectivity index (χ0n) is 14.0. The van der Waals surface area contributed by atoms with Gasteiger partial charge in [-0.1, -0.05) is 30.3 Å². The highest BCUT2D eigenvalue weighted by Crippen LogP contribution is 2.40. The second-order valence-electron chi connectivity index (χ2n) is 7.09. The number of rotatable bonds is 6. The molecule has 3 aromatic rings. The molecule has 25 heavy (non-hydrogen) atoms. The third-order valence-electron chi connectivity index (χ3n) is 5.07. The fourth-order valence-corrected chi connectivity index (χ4v) is 3.36. The summed E-state index contributed by atoms with van der Waals surface area (Å²) in [5.41, 5.74) is 4.22. The van der Waals surface area contributed by atoms with Crippen LogP contribution in [0.3, 0.4) is 0 Å². The summed E-state index contributed by atoms with van der Waals surface area (Å²) in [4.78, 5) is 0. The molecule has 0 atom stereocenters. The van der Waals surface area contributed by atoms with E-state index >= 15 is 0 Å². The fourth-order valence-electron chi connectivity index (χ4n) is 3.36. The van der Waals surface area contributed by atoms with Crippen molar-refractivity contribution in [3.05, 3.63) is 54.0 Å². The summed E-state index contributed by atoms with van der Waals surface area (Å²) in [5, 5.41) is 16.4. The van der Waals surface area contributed by atoms with E-state index in [-0.39, 0.29) is 0 Å². The van der Waals surface area contributed by atoms with Gasteiger partial charge in [-0.25, -0.2) is 0 Å². The van der Waals surface area contributed by atoms with Gasteiger partial charge < -0.3 is 10.1 Å². The number of hydrogen-bond donors (Lipinski definition) is 1. The summed E-state index contributed by atoms with van der Waals surface area (Å²) in [7, 11) is 0. The number of aromatic nitrogens is 4. The normalized spacial score (nSPS) is 22.7. The molecule has 0 aliphatic heterocycles. The molecule has 2 saturated carbocycles. The molecule has 1 N–H and O–H groups in total. The Labute approximate surface area is 146 Å². The van der Waals surface area contributed by atoms with E-state index in [9.17, 15) is 0 Å². The van der Waals surface area contributed by atoms with Crippen LogP contribution in [0, 0.1) is 0 Å². The predicted molar refractivity (Wildman–Crippen MR) is 94.4 cm³/mol. The number of hydrogen-bond acceptors (Lipinski definition) is 5. The second-order valence-corrected chi connectivity index (χ2v) is 7.09. The van der Waals surface area contributed by atoms with Gasteiger partial charge in [0.05, 0.1) is 24.1 Å². The highest BCUT2D eigenvalue weighted by Gasteiger charge is 2.31. The molecule has 2 aliphatic carbocycles. The molecule has 0 spiro atoms. The number of nitrogens with zero attached hydrogens (tertiary/aromatic N) is 4. The van der Waals surface area contributed by atoms with E-state index in [4.69, 9.17) is 4.74 Å². The molecule has 0 bridgehead atoms. The maximum absolute atomic E-state index is 5.99. The van der Waals surface area contributed by atoms with E-state index < -0.39 is 0 Å². The first-order chi connectivity index (χ1) is 12.3. The van der Waals surface area contributed by atoms with Crippen molar-refractivity contribution >= 4 is 11.3 Å². The third kappa shape index (κ3) is 3.09. The van der Waals surface area contributed by atoms with Gasteiger partial charge >= 0.3 is 0 Å². The van der Waals surface area contributed by atoms with Crippen LogP contribution >= 0.6 is 0 Å². The number of benzene rings is 1. The molecule has 5 rings (SSSR count). The minimum absolute atomic E-state index is 0.330. The van der Waals surface area contributed by atoms with Gasteiger partial charge in [-0.05, 0) is 37.3 Å². The van der Waals surface area contributed by atoms with E-state index in [2.05, 4.69) is 50.9 Å². The van der Waals surface area contributed by atoms with Crippen LogP contribution in [0.4, 0.5) is 5.69 Å². The molecule has 0 saturated heterocycles. The molecule has 6 nitrogen and oxygen atoms in total. The molecule has 0 amide bonds. The Kier molecular flexibility index (Phi) is 3.63. The van der Waals surface area contributed by atoms with Gasteiger partial charge in [-0.15, -0.1) is 10.2 Å². The van der Waals surface area contributed by atoms with Crippen LogP contribution in [0.1, 0.15) is 42.9 Å². The Morgan fingerprint density at radius 1 is 1.16 bits per heavy atom. The lowest BCUT2D eigenvalue weighted by atomic mass is 9.89. The summed E-state index contributed by atoms with van der Waals surface area (Å²) in [6.45, 7) is 0.688. The highest BCUT2D eigenvalue weighted by molar-refractivity contribution is 5.67. The van der Waals surface area contributed by atoms with Crippen LogP contribution in [-0.4, -0.2) is 32.0 Å². The van der Waals surface area contributed by atoms with Crippen LogP contribution in [-0.2, 0) is 11.3 Å². The lowest BCUT2D eigenvalue weighted by Crippen LogP contribution is -2.40. The first-order valence-electron chi connectivity index (χ1n) is 8.98. The monoisotopic (exact) mass is 335 g/mol. The minimum Gasteiger partial charge on any atom is -0.379 e. The average molecular weight is 335 g/mol. The number of fused-ring (bicyclic) bond motifs is 1. The van der Waals surface area contributed by atoms with Crippen molar-refractivity contribution in [3.63, 3.8) is 0 Å². The van der Waals surface area contributed by atoms with Gasteiger partial charge in [0.25, 0.3) is 0 Å². The van der Waals surface area contributed by atoms with Crippen molar-refractivity contribution in [3.8, 4) is 0 Å². The third-order valence-corrected chi connectivity index (χ3v) is 5.07. The smallest absolute Gasteiger partial charge is 0.200 e. The van der Waals surface area contributed by atoms with Crippen molar-refractivity contribution < 1.29 is 4.74 Å². The van der Waals surface area contributed by atoms with Crippen molar-refractivity contribution in [2.75, 3.05) is 5.32 Å².